The van der Waals surface area contributed by atoms with Crippen LogP contribution >= 0.6 is 0 Å². The number of hydrogen-bond donors (Lipinski definition) is 2. The summed E-state index contributed by atoms with van der Waals surface area (Å²) < 4.78 is 67.7. The fraction of sp³-hybridized carbons (Fsp3) is 0.231. The Balaban J connectivity index is 1.33. The summed E-state index contributed by atoms with van der Waals surface area (Å²) in [7, 11) is 0. The van der Waals surface area contributed by atoms with Gasteiger partial charge in [-0.05, 0) is 59.5 Å². The lowest BCUT2D eigenvalue weighted by Crippen LogP contribution is -2.41. The molecule has 2 N–H and O–H groups in total. The third-order valence-electron chi connectivity index (χ3n) is 5.51. The first-order valence-electron chi connectivity index (χ1n) is 10.8. The minimum atomic E-state index is -5.64. The van der Waals surface area contributed by atoms with Crippen molar-refractivity contribution < 1.29 is 26.7 Å². The number of alkyl halides is 5. The molecular weight excluding hydrogens is 451 g/mol. The molecule has 1 aromatic heterocycles. The van der Waals surface area contributed by atoms with Gasteiger partial charge in [0, 0.05) is 23.6 Å². The summed E-state index contributed by atoms with van der Waals surface area (Å²) in [6, 6.07) is 22.5. The number of fused-ring (bicyclic) bond motifs is 1. The summed E-state index contributed by atoms with van der Waals surface area (Å²) >= 11 is 0. The molecule has 0 saturated heterocycles. The predicted octanol–water partition coefficient (Wildman–Crippen LogP) is 6.74. The standard InChI is InChI=1S/C26H23F5N2O/c27-25(28,26(29,30)31)17-34-22-8-4-5-18(13-22)15-32-12-11-21-16-33-24-10-9-20(14-23(21)24)19-6-2-1-3-7-19/h1-10,13-14,16,32-33H,11-12,15,17H2. The highest BCUT2D eigenvalue weighted by Crippen LogP contribution is 2.35. The van der Waals surface area contributed by atoms with Gasteiger partial charge >= 0.3 is 12.1 Å². The minimum absolute atomic E-state index is 0.0340. The molecule has 0 amide bonds. The zero-order chi connectivity index (χ0) is 24.2. The van der Waals surface area contributed by atoms with Gasteiger partial charge in [0.25, 0.3) is 0 Å². The van der Waals surface area contributed by atoms with Crippen LogP contribution in [0.3, 0.4) is 0 Å². The van der Waals surface area contributed by atoms with E-state index in [9.17, 15) is 22.0 Å². The lowest BCUT2D eigenvalue weighted by Gasteiger charge is -2.20. The minimum Gasteiger partial charge on any atom is -0.487 e. The van der Waals surface area contributed by atoms with E-state index in [-0.39, 0.29) is 5.75 Å². The van der Waals surface area contributed by atoms with Crippen LogP contribution < -0.4 is 10.1 Å². The maximum Gasteiger partial charge on any atom is 0.456 e. The van der Waals surface area contributed by atoms with Gasteiger partial charge in [0.1, 0.15) is 5.75 Å². The highest BCUT2D eigenvalue weighted by molar-refractivity contribution is 5.88. The SMILES string of the molecule is FC(F)(F)C(F)(F)COc1cccc(CNCCc2c[nH]c3ccc(-c4ccccc4)cc23)c1. The van der Waals surface area contributed by atoms with Crippen LogP contribution in [0.4, 0.5) is 22.0 Å². The van der Waals surface area contributed by atoms with Crippen LogP contribution in [0.5, 0.6) is 5.75 Å². The molecule has 4 rings (SSSR count). The molecule has 0 atom stereocenters. The van der Waals surface area contributed by atoms with Gasteiger partial charge in [-0.2, -0.15) is 22.0 Å². The summed E-state index contributed by atoms with van der Waals surface area (Å²) in [5.41, 5.74) is 5.21. The first-order valence-corrected chi connectivity index (χ1v) is 10.8. The summed E-state index contributed by atoms with van der Waals surface area (Å²) in [5, 5.41) is 4.42. The van der Waals surface area contributed by atoms with Crippen LogP contribution in [0, 0.1) is 0 Å². The number of hydrogen-bond acceptors (Lipinski definition) is 2. The third kappa shape index (κ3) is 5.56. The Labute approximate surface area is 193 Å². The van der Waals surface area contributed by atoms with Gasteiger partial charge < -0.3 is 15.0 Å². The number of halogens is 5. The molecule has 34 heavy (non-hydrogen) atoms. The molecule has 0 spiro atoms. The van der Waals surface area contributed by atoms with Crippen molar-refractivity contribution in [3.05, 3.63) is 90.1 Å². The van der Waals surface area contributed by atoms with Crippen LogP contribution in [-0.2, 0) is 13.0 Å². The van der Waals surface area contributed by atoms with Crippen molar-refractivity contribution in [3.63, 3.8) is 0 Å². The van der Waals surface area contributed by atoms with Gasteiger partial charge in [-0.15, -0.1) is 0 Å². The topological polar surface area (TPSA) is 37.0 Å². The van der Waals surface area contributed by atoms with Crippen molar-refractivity contribution in [1.82, 2.24) is 10.3 Å². The number of benzene rings is 3. The monoisotopic (exact) mass is 474 g/mol. The van der Waals surface area contributed by atoms with E-state index in [0.29, 0.717) is 13.1 Å². The van der Waals surface area contributed by atoms with E-state index >= 15 is 0 Å². The summed E-state index contributed by atoms with van der Waals surface area (Å²) in [6.45, 7) is -0.677. The smallest absolute Gasteiger partial charge is 0.456 e. The molecule has 178 valence electrons. The molecule has 4 aromatic rings. The van der Waals surface area contributed by atoms with Crippen LogP contribution in [0.2, 0.25) is 0 Å². The summed E-state index contributed by atoms with van der Waals surface area (Å²) in [4.78, 5) is 3.28. The normalized spacial score (nSPS) is 12.3. The van der Waals surface area contributed by atoms with Crippen LogP contribution in [0.15, 0.2) is 79.0 Å². The summed E-state index contributed by atoms with van der Waals surface area (Å²) in [6.07, 6.45) is -2.90. The molecule has 0 aliphatic rings. The fourth-order valence-corrected chi connectivity index (χ4v) is 3.65. The van der Waals surface area contributed by atoms with Gasteiger partial charge in [-0.3, -0.25) is 0 Å². The maximum absolute atomic E-state index is 13.1. The molecule has 1 heterocycles. The lowest BCUT2D eigenvalue weighted by molar-refractivity contribution is -0.290. The quantitative estimate of drug-likeness (QED) is 0.208. The molecule has 0 fully saturated rings. The van der Waals surface area contributed by atoms with Crippen molar-refractivity contribution in [2.24, 2.45) is 0 Å². The molecule has 0 saturated carbocycles. The van der Waals surface area contributed by atoms with E-state index in [4.69, 9.17) is 4.74 Å². The maximum atomic E-state index is 13.1. The van der Waals surface area contributed by atoms with Crippen LogP contribution in [0.1, 0.15) is 11.1 Å². The Bertz CT molecular complexity index is 1230. The first-order chi connectivity index (χ1) is 16.2. The van der Waals surface area contributed by atoms with E-state index in [1.165, 1.54) is 12.1 Å². The van der Waals surface area contributed by atoms with Gasteiger partial charge in [0.05, 0.1) is 0 Å². The van der Waals surface area contributed by atoms with Crippen molar-refractivity contribution >= 4 is 10.9 Å². The molecule has 0 bridgehead atoms. The van der Waals surface area contributed by atoms with Gasteiger partial charge in [0.15, 0.2) is 6.61 Å². The second-order valence-electron chi connectivity index (χ2n) is 8.01. The highest BCUT2D eigenvalue weighted by Gasteiger charge is 2.58. The average molecular weight is 474 g/mol. The molecule has 0 aliphatic heterocycles. The van der Waals surface area contributed by atoms with Crippen molar-refractivity contribution in [3.8, 4) is 16.9 Å². The number of aromatic amines is 1. The van der Waals surface area contributed by atoms with Gasteiger partial charge in [-0.1, -0.05) is 48.5 Å². The lowest BCUT2D eigenvalue weighted by atomic mass is 10.0. The van der Waals surface area contributed by atoms with Crippen molar-refractivity contribution in [2.75, 3.05) is 13.2 Å². The predicted molar refractivity (Wildman–Crippen MR) is 122 cm³/mol. The Morgan fingerprint density at radius 2 is 1.62 bits per heavy atom. The van der Waals surface area contributed by atoms with E-state index in [2.05, 4.69) is 40.6 Å². The second-order valence-corrected chi connectivity index (χ2v) is 8.01. The van der Waals surface area contributed by atoms with Crippen LogP contribution in [0.25, 0.3) is 22.0 Å². The number of rotatable bonds is 9. The zero-order valence-electron chi connectivity index (χ0n) is 18.1. The number of H-pyrrole nitrogens is 1. The van der Waals surface area contributed by atoms with Crippen molar-refractivity contribution in [2.45, 2.75) is 25.1 Å². The molecule has 8 heteroatoms. The number of aromatic nitrogens is 1. The van der Waals surface area contributed by atoms with E-state index in [0.717, 1.165) is 39.6 Å². The fourth-order valence-electron chi connectivity index (χ4n) is 3.65. The van der Waals surface area contributed by atoms with Crippen molar-refractivity contribution in [1.29, 1.82) is 0 Å². The van der Waals surface area contributed by atoms with Gasteiger partial charge in [0.2, 0.25) is 0 Å². The third-order valence-corrected chi connectivity index (χ3v) is 5.51. The number of ether oxygens (including phenoxy) is 1. The van der Waals surface area contributed by atoms with E-state index < -0.39 is 18.7 Å². The Morgan fingerprint density at radius 1 is 0.824 bits per heavy atom. The molecule has 3 nitrogen and oxygen atoms in total. The molecule has 0 aliphatic carbocycles. The second kappa shape index (κ2) is 9.85. The Kier molecular flexibility index (Phi) is 6.88. The largest absolute Gasteiger partial charge is 0.487 e. The Morgan fingerprint density at radius 3 is 2.38 bits per heavy atom. The first kappa shape index (κ1) is 23.8. The molecule has 0 radical (unpaired) electrons. The van der Waals surface area contributed by atoms with E-state index in [1.807, 2.05) is 24.4 Å². The highest BCUT2D eigenvalue weighted by atomic mass is 19.4. The van der Waals surface area contributed by atoms with Crippen LogP contribution in [-0.4, -0.2) is 30.2 Å². The average Bonchev–Trinajstić information content (AvgIpc) is 3.23. The summed E-state index contributed by atoms with van der Waals surface area (Å²) in [5.74, 6) is -4.94. The molecule has 0 unspecified atom stereocenters. The Hall–Kier alpha value is -3.39. The van der Waals surface area contributed by atoms with E-state index in [1.54, 1.807) is 12.1 Å². The molecular formula is C26H23F5N2O. The molecule has 3 aromatic carbocycles. The number of nitrogens with one attached hydrogen (secondary N) is 2. The van der Waals surface area contributed by atoms with Gasteiger partial charge in [-0.25, -0.2) is 0 Å². The zero-order valence-corrected chi connectivity index (χ0v) is 18.1.